The van der Waals surface area contributed by atoms with Crippen molar-refractivity contribution in [3.8, 4) is 0 Å². The Hall–Kier alpha value is 0.937. The summed E-state index contributed by atoms with van der Waals surface area (Å²) in [6.45, 7) is 5.72. The van der Waals surface area contributed by atoms with Crippen molar-refractivity contribution in [3.63, 3.8) is 0 Å². The van der Waals surface area contributed by atoms with Crippen molar-refractivity contribution in [1.29, 1.82) is 0 Å². The summed E-state index contributed by atoms with van der Waals surface area (Å²) in [6.07, 6.45) is 2.28. The summed E-state index contributed by atoms with van der Waals surface area (Å²) in [6, 6.07) is 1.04. The zero-order chi connectivity index (χ0) is 26.8. The van der Waals surface area contributed by atoms with Crippen molar-refractivity contribution < 1.29 is 54.0 Å². The molecule has 0 aliphatic heterocycles. The van der Waals surface area contributed by atoms with Crippen molar-refractivity contribution in [3.05, 3.63) is 65.6 Å². The molecule has 2 aromatic carbocycles. The second-order valence-corrected chi connectivity index (χ2v) is 16.4. The summed E-state index contributed by atoms with van der Waals surface area (Å²) in [5.74, 6) is -13.2. The van der Waals surface area contributed by atoms with Crippen molar-refractivity contribution in [2.75, 3.05) is 0 Å². The number of unbranched alkanes of at least 4 members (excludes halogenated alkanes) is 1. The van der Waals surface area contributed by atoms with Crippen LogP contribution in [0.4, 0.5) is 35.1 Å². The Morgan fingerprint density at radius 2 is 0.943 bits per heavy atom. The van der Waals surface area contributed by atoms with Gasteiger partial charge in [-0.15, -0.1) is 25.3 Å². The van der Waals surface area contributed by atoms with Gasteiger partial charge >= 0.3 is 18.9 Å². The third kappa shape index (κ3) is 16.5. The zero-order valence-corrected chi connectivity index (χ0v) is 25.8. The zero-order valence-electron chi connectivity index (χ0n) is 17.5. The maximum atomic E-state index is 12.5. The molecule has 0 aliphatic rings. The normalized spacial score (nSPS) is 8.80. The van der Waals surface area contributed by atoms with Gasteiger partial charge in [0.15, 0.2) is 46.5 Å². The van der Waals surface area contributed by atoms with Crippen LogP contribution in [0.2, 0.25) is 0 Å². The first-order valence-electron chi connectivity index (χ1n) is 7.99. The molecule has 194 valence electrons. The van der Waals surface area contributed by atoms with Crippen LogP contribution in [0.25, 0.3) is 0 Å². The molecule has 2 rings (SSSR count). The number of thiol groups is 2. The van der Waals surface area contributed by atoms with Crippen LogP contribution in [0.15, 0.2) is 21.9 Å². The molecular weight excluding hydrogens is 672 g/mol. The fraction of sp³-hybridized carbons (Fsp3) is 0.188. The molecule has 0 aliphatic carbocycles. The molecule has 35 heavy (non-hydrogen) atoms. The van der Waals surface area contributed by atoms with Gasteiger partial charge in [-0.2, -0.15) is 6.42 Å². The van der Waals surface area contributed by atoms with E-state index in [1.54, 1.807) is 35.5 Å². The van der Waals surface area contributed by atoms with Crippen LogP contribution in [0, 0.1) is 53.5 Å². The largest absolute Gasteiger partial charge is 1.00 e. The number of benzene rings is 2. The Morgan fingerprint density at radius 1 is 0.657 bits per heavy atom. The van der Waals surface area contributed by atoms with E-state index in [1.807, 2.05) is 0 Å². The number of halogens is 8. The van der Waals surface area contributed by atoms with Crippen molar-refractivity contribution in [1.82, 2.24) is 0 Å². The van der Waals surface area contributed by atoms with Crippen LogP contribution in [-0.4, -0.2) is 0 Å². The van der Waals surface area contributed by atoms with Crippen molar-refractivity contribution >= 4 is 101 Å². The van der Waals surface area contributed by atoms with E-state index in [2.05, 4.69) is 61.5 Å². The summed E-state index contributed by atoms with van der Waals surface area (Å²) in [7, 11) is 9.12. The SMILES string of the molecule is Fc1c(F)c(F)c(S)c(S)c1F.Fc1ccc(F)c(F)c1F.S=S=S=S=S=S=S=S.[CH2-]CCC.[Li+]. The first kappa shape index (κ1) is 40.4. The molecule has 0 spiro atoms. The number of rotatable bonds is 1. The van der Waals surface area contributed by atoms with Crippen LogP contribution in [0.1, 0.15) is 19.8 Å². The molecular formula is C16H13F8LiS10. The van der Waals surface area contributed by atoms with Crippen LogP contribution in [-0.2, 0) is 75.7 Å². The first-order valence-corrected chi connectivity index (χ1v) is 18.2. The minimum Gasteiger partial charge on any atom is -0.343 e. The molecule has 0 saturated heterocycles. The van der Waals surface area contributed by atoms with Gasteiger partial charge in [0.25, 0.3) is 0 Å². The van der Waals surface area contributed by atoms with E-state index in [-0.39, 0.29) is 18.9 Å². The van der Waals surface area contributed by atoms with E-state index >= 15 is 0 Å². The van der Waals surface area contributed by atoms with Gasteiger partial charge < -0.3 is 6.92 Å². The van der Waals surface area contributed by atoms with Crippen LogP contribution >= 0.6 is 25.3 Å². The van der Waals surface area contributed by atoms with Crippen LogP contribution in [0.3, 0.4) is 0 Å². The minimum atomic E-state index is -1.88. The van der Waals surface area contributed by atoms with Gasteiger partial charge in [0.05, 0.1) is 9.79 Å². The summed E-state index contributed by atoms with van der Waals surface area (Å²) in [5, 5.41) is 0. The molecule has 0 fully saturated rings. The topological polar surface area (TPSA) is 0 Å². The Balaban J connectivity index is -0.000000409. The maximum absolute atomic E-state index is 12.5. The average molecular weight is 685 g/mol. The quantitative estimate of drug-likeness (QED) is 0.118. The third-order valence-corrected chi connectivity index (χ3v) is 14.8. The molecule has 0 unspecified atom stereocenters. The summed E-state index contributed by atoms with van der Waals surface area (Å²) in [5.41, 5.74) is 0. The second kappa shape index (κ2) is 24.0. The fourth-order valence-electron chi connectivity index (χ4n) is 1.16. The van der Waals surface area contributed by atoms with Gasteiger partial charge in [0.2, 0.25) is 0 Å². The molecule has 0 atom stereocenters. The Kier molecular flexibility index (Phi) is 27.7. The van der Waals surface area contributed by atoms with E-state index in [4.69, 9.17) is 0 Å². The number of hydrogen-bond acceptors (Lipinski definition) is 4. The maximum Gasteiger partial charge on any atom is 1.00 e. The van der Waals surface area contributed by atoms with E-state index in [0.29, 0.717) is 12.1 Å². The van der Waals surface area contributed by atoms with Gasteiger partial charge in [-0.05, 0) is 12.1 Å². The third-order valence-electron chi connectivity index (χ3n) is 2.70. The van der Waals surface area contributed by atoms with E-state index < -0.39 is 56.3 Å². The summed E-state index contributed by atoms with van der Waals surface area (Å²) >= 11 is 16.0. The van der Waals surface area contributed by atoms with Gasteiger partial charge in [0, 0.05) is 75.7 Å². The van der Waals surface area contributed by atoms with Gasteiger partial charge in [-0.25, -0.2) is 35.1 Å². The monoisotopic (exact) mass is 684 g/mol. The molecule has 0 bridgehead atoms. The molecule has 0 nitrogen and oxygen atoms in total. The Morgan fingerprint density at radius 3 is 1.17 bits per heavy atom. The average Bonchev–Trinajstić information content (AvgIpc) is 2.85. The molecule has 19 heteroatoms. The van der Waals surface area contributed by atoms with Crippen molar-refractivity contribution in [2.45, 2.75) is 29.6 Å². The van der Waals surface area contributed by atoms with Gasteiger partial charge in [-0.3, -0.25) is 0 Å². The first-order chi connectivity index (χ1) is 15.9. The Labute approximate surface area is 247 Å². The molecule has 0 saturated carbocycles. The predicted octanol–water partition coefficient (Wildman–Crippen LogP) is 3.67. The second-order valence-electron chi connectivity index (χ2n) is 4.87. The summed E-state index contributed by atoms with van der Waals surface area (Å²) in [4.78, 5) is -1.29. The fourth-order valence-corrected chi connectivity index (χ4v) is 12.5. The Bertz CT molecular complexity index is 1040. The van der Waals surface area contributed by atoms with Gasteiger partial charge in [-0.1, -0.05) is 13.3 Å². The van der Waals surface area contributed by atoms with Gasteiger partial charge in [0.1, 0.15) is 0 Å². The van der Waals surface area contributed by atoms with E-state index in [9.17, 15) is 35.1 Å². The van der Waals surface area contributed by atoms with E-state index in [0.717, 1.165) is 6.42 Å². The molecule has 0 N–H and O–H groups in total. The van der Waals surface area contributed by atoms with E-state index in [1.165, 1.54) is 24.2 Å². The molecule has 2 aromatic rings. The summed E-state index contributed by atoms with van der Waals surface area (Å²) < 4.78 is 97.7. The minimum absolute atomic E-state index is 0. The van der Waals surface area contributed by atoms with Crippen LogP contribution < -0.4 is 18.9 Å². The molecule has 0 radical (unpaired) electrons. The number of hydrogen-bond donors (Lipinski definition) is 2. The molecule has 0 amide bonds. The molecule has 0 heterocycles. The molecule has 0 aromatic heterocycles. The van der Waals surface area contributed by atoms with Crippen LogP contribution in [0.5, 0.6) is 0 Å². The smallest absolute Gasteiger partial charge is 0.343 e. The predicted molar refractivity (Wildman–Crippen MR) is 146 cm³/mol. The van der Waals surface area contributed by atoms with Crippen molar-refractivity contribution in [2.24, 2.45) is 0 Å². The standard InChI is InChI=1S/C6H2F4S2.C6H2F4.C4H9.Li.S8/c7-1-2(8)4(10)6(12)5(11)3(1)9;7-3-1-2-4(8)6(10)5(3)9;1-3-4-2;;1-3-5-7-8-6-4-2/h11-12H;1-2H;1,3-4H2,2H3;;/q;;-1;+1;.